The molecule has 0 fully saturated rings. The van der Waals surface area contributed by atoms with E-state index in [9.17, 15) is 9.59 Å². The molecule has 1 aliphatic rings. The Balaban J connectivity index is 1.81. The van der Waals surface area contributed by atoms with Gasteiger partial charge in [0, 0.05) is 5.69 Å². The van der Waals surface area contributed by atoms with Crippen molar-refractivity contribution in [3.8, 4) is 0 Å². The number of hydrogen-bond donors (Lipinski definition) is 0. The van der Waals surface area contributed by atoms with E-state index < -0.39 is 6.04 Å². The van der Waals surface area contributed by atoms with Crippen LogP contribution in [-0.2, 0) is 6.42 Å². The van der Waals surface area contributed by atoms with E-state index in [4.69, 9.17) is 4.42 Å². The molecule has 1 amide bonds. The monoisotopic (exact) mass is 437 g/mol. The Bertz CT molecular complexity index is 1480. The van der Waals surface area contributed by atoms with Gasteiger partial charge in [-0.15, -0.1) is 0 Å². The lowest BCUT2D eigenvalue weighted by molar-refractivity contribution is 0.0971. The van der Waals surface area contributed by atoms with Crippen molar-refractivity contribution >= 4 is 22.6 Å². The van der Waals surface area contributed by atoms with Crippen LogP contribution in [0, 0.1) is 27.7 Å². The molecular weight excluding hydrogens is 410 g/mol. The van der Waals surface area contributed by atoms with Gasteiger partial charge in [-0.05, 0) is 91.8 Å². The molecule has 1 aromatic heterocycles. The van der Waals surface area contributed by atoms with Gasteiger partial charge in [0.2, 0.25) is 5.76 Å². The SMILES string of the molecule is CCc1ccc(C2c3c(oc4cc(C)c(C)cc4c3=O)C(=O)N2c2ccc(C)c(C)c2)cc1. The van der Waals surface area contributed by atoms with Crippen LogP contribution in [0.15, 0.2) is 63.8 Å². The molecule has 1 atom stereocenters. The van der Waals surface area contributed by atoms with Crippen LogP contribution in [0.25, 0.3) is 11.0 Å². The molecular formula is C29H27NO3. The highest BCUT2D eigenvalue weighted by molar-refractivity contribution is 6.10. The zero-order valence-corrected chi connectivity index (χ0v) is 19.7. The van der Waals surface area contributed by atoms with Crippen LogP contribution >= 0.6 is 0 Å². The number of aryl methyl sites for hydroxylation is 5. The van der Waals surface area contributed by atoms with Gasteiger partial charge < -0.3 is 4.42 Å². The Morgan fingerprint density at radius 3 is 2.15 bits per heavy atom. The van der Waals surface area contributed by atoms with Crippen molar-refractivity contribution < 1.29 is 9.21 Å². The number of carbonyl (C=O) groups excluding carboxylic acids is 1. The number of anilines is 1. The van der Waals surface area contributed by atoms with E-state index in [0.29, 0.717) is 16.5 Å². The highest BCUT2D eigenvalue weighted by atomic mass is 16.3. The molecule has 4 heteroatoms. The summed E-state index contributed by atoms with van der Waals surface area (Å²) >= 11 is 0. The molecule has 5 rings (SSSR count). The highest BCUT2D eigenvalue weighted by Crippen LogP contribution is 2.41. The lowest BCUT2D eigenvalue weighted by atomic mass is 9.96. The van der Waals surface area contributed by atoms with Crippen LogP contribution in [0.1, 0.15) is 62.5 Å². The summed E-state index contributed by atoms with van der Waals surface area (Å²) in [4.78, 5) is 29.2. The first-order valence-electron chi connectivity index (χ1n) is 11.4. The van der Waals surface area contributed by atoms with Gasteiger partial charge in [0.05, 0.1) is 17.0 Å². The summed E-state index contributed by atoms with van der Waals surface area (Å²) < 4.78 is 6.14. The van der Waals surface area contributed by atoms with Gasteiger partial charge in [0.15, 0.2) is 5.43 Å². The Kier molecular flexibility index (Phi) is 4.97. The van der Waals surface area contributed by atoms with Crippen LogP contribution < -0.4 is 10.3 Å². The third-order valence-corrected chi connectivity index (χ3v) is 6.96. The molecule has 0 saturated carbocycles. The Morgan fingerprint density at radius 2 is 1.48 bits per heavy atom. The lowest BCUT2D eigenvalue weighted by Crippen LogP contribution is -2.29. The molecule has 1 unspecified atom stereocenters. The van der Waals surface area contributed by atoms with Crippen LogP contribution in [-0.4, -0.2) is 5.91 Å². The molecule has 0 bridgehead atoms. The van der Waals surface area contributed by atoms with Gasteiger partial charge in [-0.25, -0.2) is 0 Å². The molecule has 0 N–H and O–H groups in total. The Hall–Kier alpha value is -3.66. The fraction of sp³-hybridized carbons (Fsp3) is 0.241. The van der Waals surface area contributed by atoms with E-state index in [1.165, 1.54) is 5.56 Å². The Morgan fingerprint density at radius 1 is 0.818 bits per heavy atom. The predicted molar refractivity (Wildman–Crippen MR) is 132 cm³/mol. The van der Waals surface area contributed by atoms with Crippen LogP contribution in [0.3, 0.4) is 0 Å². The first-order valence-corrected chi connectivity index (χ1v) is 11.4. The van der Waals surface area contributed by atoms with Crippen molar-refractivity contribution in [3.05, 3.63) is 110 Å². The first kappa shape index (κ1) is 21.2. The fourth-order valence-electron chi connectivity index (χ4n) is 4.62. The number of nitrogens with zero attached hydrogens (tertiary/aromatic N) is 1. The molecule has 1 aliphatic heterocycles. The zero-order chi connectivity index (χ0) is 23.4. The van der Waals surface area contributed by atoms with Gasteiger partial charge >= 0.3 is 0 Å². The van der Waals surface area contributed by atoms with Gasteiger partial charge in [-0.1, -0.05) is 37.3 Å². The molecule has 0 radical (unpaired) electrons. The van der Waals surface area contributed by atoms with Crippen LogP contribution in [0.4, 0.5) is 5.69 Å². The minimum absolute atomic E-state index is 0.138. The second-order valence-corrected chi connectivity index (χ2v) is 9.05. The van der Waals surface area contributed by atoms with E-state index in [1.807, 2.05) is 70.2 Å². The summed E-state index contributed by atoms with van der Waals surface area (Å²) in [7, 11) is 0. The number of amides is 1. The number of fused-ring (bicyclic) bond motifs is 2. The van der Waals surface area contributed by atoms with Gasteiger partial charge in [0.25, 0.3) is 5.91 Å². The topological polar surface area (TPSA) is 50.5 Å². The average Bonchev–Trinajstić information content (AvgIpc) is 3.10. The first-order chi connectivity index (χ1) is 15.8. The summed E-state index contributed by atoms with van der Waals surface area (Å²) in [5.74, 6) is -0.145. The summed E-state index contributed by atoms with van der Waals surface area (Å²) in [5, 5.41) is 0.516. The van der Waals surface area contributed by atoms with Crippen LogP contribution in [0.2, 0.25) is 0 Å². The minimum Gasteiger partial charge on any atom is -0.450 e. The third kappa shape index (κ3) is 3.29. The van der Waals surface area contributed by atoms with Crippen molar-refractivity contribution in [2.45, 2.75) is 47.1 Å². The van der Waals surface area contributed by atoms with E-state index in [0.717, 1.165) is 39.9 Å². The molecule has 2 heterocycles. The third-order valence-electron chi connectivity index (χ3n) is 6.96. The molecule has 0 aliphatic carbocycles. The second-order valence-electron chi connectivity index (χ2n) is 9.05. The standard InChI is InChI=1S/C29H27NO3/c1-6-20-8-10-21(11-9-20)26-25-27(31)23-14-18(4)19(5)15-24(23)33-28(25)29(32)30(26)22-12-7-16(2)17(3)13-22/h7-15,26H,6H2,1-5H3. The average molecular weight is 438 g/mol. The highest BCUT2D eigenvalue weighted by Gasteiger charge is 2.43. The maximum Gasteiger partial charge on any atom is 0.295 e. The zero-order valence-electron chi connectivity index (χ0n) is 19.7. The summed E-state index contributed by atoms with van der Waals surface area (Å²) in [6.45, 7) is 10.1. The van der Waals surface area contributed by atoms with Crippen LogP contribution in [0.5, 0.6) is 0 Å². The second kappa shape index (κ2) is 7.73. The molecule has 4 nitrogen and oxygen atoms in total. The predicted octanol–water partition coefficient (Wildman–Crippen LogP) is 6.34. The smallest absolute Gasteiger partial charge is 0.295 e. The number of hydrogen-bond acceptors (Lipinski definition) is 3. The molecule has 3 aromatic carbocycles. The quantitative estimate of drug-likeness (QED) is 0.376. The van der Waals surface area contributed by atoms with Crippen molar-refractivity contribution in [2.24, 2.45) is 0 Å². The van der Waals surface area contributed by atoms with Crippen molar-refractivity contribution in [1.82, 2.24) is 0 Å². The summed E-state index contributed by atoms with van der Waals surface area (Å²) in [6, 6.07) is 17.3. The van der Waals surface area contributed by atoms with Crippen molar-refractivity contribution in [3.63, 3.8) is 0 Å². The minimum atomic E-state index is -0.539. The largest absolute Gasteiger partial charge is 0.450 e. The molecule has 0 spiro atoms. The van der Waals surface area contributed by atoms with Gasteiger partial charge in [-0.2, -0.15) is 0 Å². The molecule has 166 valence electrons. The van der Waals surface area contributed by atoms with Crippen molar-refractivity contribution in [2.75, 3.05) is 4.90 Å². The van der Waals surface area contributed by atoms with E-state index in [1.54, 1.807) is 4.90 Å². The van der Waals surface area contributed by atoms with E-state index in [-0.39, 0.29) is 17.1 Å². The maximum atomic E-state index is 13.8. The fourth-order valence-corrected chi connectivity index (χ4v) is 4.62. The Labute approximate surface area is 193 Å². The molecule has 33 heavy (non-hydrogen) atoms. The van der Waals surface area contributed by atoms with Gasteiger partial charge in [-0.3, -0.25) is 14.5 Å². The summed E-state index contributed by atoms with van der Waals surface area (Å²) in [5.41, 5.74) is 7.88. The van der Waals surface area contributed by atoms with Crippen molar-refractivity contribution in [1.29, 1.82) is 0 Å². The molecule has 4 aromatic rings. The normalized spacial score (nSPS) is 15.4. The molecule has 0 saturated heterocycles. The van der Waals surface area contributed by atoms with E-state index in [2.05, 4.69) is 19.1 Å². The lowest BCUT2D eigenvalue weighted by Gasteiger charge is -2.26. The number of rotatable bonds is 3. The number of carbonyl (C=O) groups is 1. The summed E-state index contributed by atoms with van der Waals surface area (Å²) in [6.07, 6.45) is 0.923. The van der Waals surface area contributed by atoms with E-state index >= 15 is 0 Å². The van der Waals surface area contributed by atoms with Gasteiger partial charge in [0.1, 0.15) is 5.58 Å². The maximum absolute atomic E-state index is 13.8. The number of benzene rings is 3.